The fourth-order valence-corrected chi connectivity index (χ4v) is 4.60. The summed E-state index contributed by atoms with van der Waals surface area (Å²) in [5.74, 6) is -1.85. The van der Waals surface area contributed by atoms with E-state index in [0.29, 0.717) is 9.99 Å². The highest BCUT2D eigenvalue weighted by Crippen LogP contribution is 2.29. The number of nitrogens with one attached hydrogen (secondary N) is 1. The fraction of sp³-hybridized carbons (Fsp3) is 0.467. The Morgan fingerprint density at radius 1 is 1.38 bits per heavy atom. The standard InChI is InChI=1S/C15H17N3O4S2/c1-7(14(21)22)16-11(19)10-12(23-2)17-15-18(13(10)20)8-5-3-4-6-9(8)24-15/h7H,3-6H2,1-2H3,(H,16,19)(H,21,22). The number of carboxylic acid groups (broad SMARTS) is 1. The molecule has 128 valence electrons. The average molecular weight is 367 g/mol. The number of rotatable bonds is 4. The van der Waals surface area contributed by atoms with Crippen molar-refractivity contribution in [2.75, 3.05) is 6.26 Å². The van der Waals surface area contributed by atoms with E-state index in [2.05, 4.69) is 10.3 Å². The molecule has 0 fully saturated rings. The van der Waals surface area contributed by atoms with Gasteiger partial charge in [0.05, 0.1) is 0 Å². The molecule has 0 saturated heterocycles. The van der Waals surface area contributed by atoms with E-state index >= 15 is 0 Å². The third-order valence-corrected chi connectivity index (χ3v) is 5.86. The quantitative estimate of drug-likeness (QED) is 0.628. The molecule has 9 heteroatoms. The van der Waals surface area contributed by atoms with E-state index in [1.54, 1.807) is 6.26 Å². The number of hydrogen-bond donors (Lipinski definition) is 2. The van der Waals surface area contributed by atoms with Crippen molar-refractivity contribution >= 4 is 39.9 Å². The van der Waals surface area contributed by atoms with Crippen molar-refractivity contribution in [2.45, 2.75) is 43.7 Å². The highest BCUT2D eigenvalue weighted by molar-refractivity contribution is 7.98. The smallest absolute Gasteiger partial charge is 0.325 e. The molecule has 0 spiro atoms. The summed E-state index contributed by atoms with van der Waals surface area (Å²) < 4.78 is 1.53. The van der Waals surface area contributed by atoms with Crippen molar-refractivity contribution in [1.29, 1.82) is 0 Å². The van der Waals surface area contributed by atoms with Gasteiger partial charge in [0.15, 0.2) is 4.96 Å². The highest BCUT2D eigenvalue weighted by Gasteiger charge is 2.26. The molecule has 0 aromatic carbocycles. The van der Waals surface area contributed by atoms with Gasteiger partial charge in [-0.1, -0.05) is 0 Å². The van der Waals surface area contributed by atoms with Crippen LogP contribution in [0.4, 0.5) is 0 Å². The van der Waals surface area contributed by atoms with Crippen molar-refractivity contribution < 1.29 is 14.7 Å². The summed E-state index contributed by atoms with van der Waals surface area (Å²) >= 11 is 2.70. The number of carbonyl (C=O) groups excluding carboxylic acids is 1. The first kappa shape index (κ1) is 17.0. The van der Waals surface area contributed by atoms with Crippen molar-refractivity contribution in [1.82, 2.24) is 14.7 Å². The van der Waals surface area contributed by atoms with Gasteiger partial charge in [-0.2, -0.15) is 0 Å². The minimum atomic E-state index is -1.16. The molecule has 2 aromatic heterocycles. The third-order valence-electron chi connectivity index (χ3n) is 4.03. The number of carboxylic acids is 1. The van der Waals surface area contributed by atoms with Gasteiger partial charge in [0.1, 0.15) is 16.6 Å². The molecule has 0 aliphatic heterocycles. The molecular weight excluding hydrogens is 350 g/mol. The number of thioether (sulfide) groups is 1. The average Bonchev–Trinajstić information content (AvgIpc) is 2.92. The molecule has 2 heterocycles. The zero-order chi connectivity index (χ0) is 17.4. The highest BCUT2D eigenvalue weighted by atomic mass is 32.2. The minimum Gasteiger partial charge on any atom is -0.480 e. The lowest BCUT2D eigenvalue weighted by atomic mass is 10.0. The molecule has 0 bridgehead atoms. The van der Waals surface area contributed by atoms with Gasteiger partial charge in [-0.3, -0.25) is 18.8 Å². The number of hydrogen-bond acceptors (Lipinski definition) is 6. The summed E-state index contributed by atoms with van der Waals surface area (Å²) in [7, 11) is 0. The number of amides is 1. The second-order valence-corrected chi connectivity index (χ2v) is 7.49. The molecular formula is C15H17N3O4S2. The van der Waals surface area contributed by atoms with Crippen LogP contribution in [0.1, 0.15) is 40.7 Å². The molecule has 0 saturated carbocycles. The summed E-state index contributed by atoms with van der Waals surface area (Å²) in [5, 5.41) is 11.6. The predicted molar refractivity (Wildman–Crippen MR) is 92.3 cm³/mol. The van der Waals surface area contributed by atoms with Gasteiger partial charge in [0.2, 0.25) is 0 Å². The zero-order valence-electron chi connectivity index (χ0n) is 13.3. The molecule has 7 nitrogen and oxygen atoms in total. The Balaban J connectivity index is 2.16. The van der Waals surface area contributed by atoms with Gasteiger partial charge in [-0.15, -0.1) is 23.1 Å². The van der Waals surface area contributed by atoms with E-state index in [9.17, 15) is 14.4 Å². The summed E-state index contributed by atoms with van der Waals surface area (Å²) in [4.78, 5) is 42.6. The van der Waals surface area contributed by atoms with Crippen LogP contribution in [0.3, 0.4) is 0 Å². The first-order chi connectivity index (χ1) is 11.4. The SMILES string of the molecule is CSc1nc2sc3c(n2c(=O)c1C(=O)NC(C)C(=O)O)CCCC3. The Morgan fingerprint density at radius 2 is 2.08 bits per heavy atom. The van der Waals surface area contributed by atoms with E-state index in [1.807, 2.05) is 0 Å². The lowest BCUT2D eigenvalue weighted by Crippen LogP contribution is -2.41. The monoisotopic (exact) mass is 367 g/mol. The molecule has 2 N–H and O–H groups in total. The van der Waals surface area contributed by atoms with Crippen molar-refractivity contribution in [3.05, 3.63) is 26.5 Å². The Bertz CT molecular complexity index is 887. The van der Waals surface area contributed by atoms with Crippen LogP contribution in [-0.4, -0.2) is 38.7 Å². The number of fused-ring (bicyclic) bond motifs is 3. The lowest BCUT2D eigenvalue weighted by Gasteiger charge is -2.13. The van der Waals surface area contributed by atoms with Crippen molar-refractivity contribution in [3.8, 4) is 0 Å². The summed E-state index contributed by atoms with van der Waals surface area (Å²) in [6.45, 7) is 1.36. The second kappa shape index (κ2) is 6.56. The van der Waals surface area contributed by atoms with Crippen molar-refractivity contribution in [3.63, 3.8) is 0 Å². The molecule has 1 unspecified atom stereocenters. The number of aromatic nitrogens is 2. The third kappa shape index (κ3) is 2.82. The van der Waals surface area contributed by atoms with Gasteiger partial charge in [-0.25, -0.2) is 4.98 Å². The number of nitrogens with zero attached hydrogens (tertiary/aromatic N) is 2. The minimum absolute atomic E-state index is 0.0840. The van der Waals surface area contributed by atoms with Gasteiger partial charge < -0.3 is 10.4 Å². The lowest BCUT2D eigenvalue weighted by molar-refractivity contribution is -0.138. The van der Waals surface area contributed by atoms with Crippen LogP contribution < -0.4 is 10.9 Å². The van der Waals surface area contributed by atoms with Crippen LogP contribution in [0.5, 0.6) is 0 Å². The molecule has 24 heavy (non-hydrogen) atoms. The molecule has 1 aliphatic rings. The first-order valence-electron chi connectivity index (χ1n) is 7.59. The zero-order valence-corrected chi connectivity index (χ0v) is 14.9. The van der Waals surface area contributed by atoms with Gasteiger partial charge in [0.25, 0.3) is 11.5 Å². The van der Waals surface area contributed by atoms with Crippen LogP contribution in [0, 0.1) is 0 Å². The normalized spacial score (nSPS) is 15.1. The summed E-state index contributed by atoms with van der Waals surface area (Å²) in [6.07, 6.45) is 5.56. The summed E-state index contributed by atoms with van der Waals surface area (Å²) in [6, 6.07) is -1.08. The van der Waals surface area contributed by atoms with E-state index in [4.69, 9.17) is 5.11 Å². The second-order valence-electron chi connectivity index (χ2n) is 5.63. The van der Waals surface area contributed by atoms with Crippen LogP contribution in [0.2, 0.25) is 0 Å². The molecule has 1 atom stereocenters. The van der Waals surface area contributed by atoms with Crippen LogP contribution >= 0.6 is 23.1 Å². The maximum absolute atomic E-state index is 12.9. The first-order valence-corrected chi connectivity index (χ1v) is 9.63. The van der Waals surface area contributed by atoms with Gasteiger partial charge >= 0.3 is 5.97 Å². The Hall–Kier alpha value is -1.87. The predicted octanol–water partition coefficient (Wildman–Crippen LogP) is 1.56. The van der Waals surface area contributed by atoms with Gasteiger partial charge in [-0.05, 0) is 38.9 Å². The van der Waals surface area contributed by atoms with Crippen LogP contribution in [-0.2, 0) is 17.6 Å². The largest absolute Gasteiger partial charge is 0.480 e. The van der Waals surface area contributed by atoms with E-state index < -0.39 is 23.5 Å². The maximum atomic E-state index is 12.9. The van der Waals surface area contributed by atoms with Crippen LogP contribution in [0.15, 0.2) is 9.82 Å². The Morgan fingerprint density at radius 3 is 2.75 bits per heavy atom. The Kier molecular flexibility index (Phi) is 4.64. The number of aliphatic carboxylic acids is 1. The Labute approximate surface area is 146 Å². The van der Waals surface area contributed by atoms with E-state index in [1.165, 1.54) is 34.4 Å². The molecule has 1 aliphatic carbocycles. The fourth-order valence-electron chi connectivity index (χ4n) is 2.78. The topological polar surface area (TPSA) is 101 Å². The van der Waals surface area contributed by atoms with E-state index in [0.717, 1.165) is 36.3 Å². The van der Waals surface area contributed by atoms with Crippen molar-refractivity contribution in [2.24, 2.45) is 0 Å². The molecule has 2 aromatic rings. The van der Waals surface area contributed by atoms with Gasteiger partial charge in [0, 0.05) is 10.6 Å². The molecule has 0 radical (unpaired) electrons. The van der Waals surface area contributed by atoms with Crippen LogP contribution in [0.25, 0.3) is 4.96 Å². The van der Waals surface area contributed by atoms with E-state index in [-0.39, 0.29) is 5.56 Å². The summed E-state index contributed by atoms with van der Waals surface area (Å²) in [5.41, 5.74) is 0.435. The number of thiazole rings is 1. The number of carbonyl (C=O) groups is 2. The molecule has 1 amide bonds. The maximum Gasteiger partial charge on any atom is 0.325 e. The number of aryl methyl sites for hydroxylation is 2. The molecule has 3 rings (SSSR count).